The Morgan fingerprint density at radius 1 is 1.30 bits per heavy atom. The number of hydrogen-bond acceptors (Lipinski definition) is 5. The molecule has 1 N–H and O–H groups in total. The van der Waals surface area contributed by atoms with E-state index in [9.17, 15) is 0 Å². The fraction of sp³-hybridized carbons (Fsp3) is 0.615. The van der Waals surface area contributed by atoms with E-state index in [1.54, 1.807) is 6.33 Å². The Morgan fingerprint density at radius 2 is 2.05 bits per heavy atom. The molecule has 0 saturated carbocycles. The van der Waals surface area contributed by atoms with Gasteiger partial charge in [-0.1, -0.05) is 0 Å². The number of hydrogen-bond donors (Lipinski definition) is 1. The highest BCUT2D eigenvalue weighted by Crippen LogP contribution is 2.20. The van der Waals surface area contributed by atoms with E-state index in [2.05, 4.69) is 32.4 Å². The van der Waals surface area contributed by atoms with Crippen LogP contribution in [-0.4, -0.2) is 38.6 Å². The van der Waals surface area contributed by atoms with Crippen LogP contribution in [0.25, 0.3) is 0 Å². The predicted molar refractivity (Wildman–Crippen MR) is 78.5 cm³/mol. The van der Waals surface area contributed by atoms with Crippen molar-refractivity contribution in [2.45, 2.75) is 33.5 Å². The highest BCUT2D eigenvalue weighted by molar-refractivity contribution is 5.48. The largest absolute Gasteiger partial charge is 0.363 e. The number of rotatable bonds is 6. The van der Waals surface area contributed by atoms with Crippen LogP contribution in [0.2, 0.25) is 0 Å². The molecule has 0 aliphatic carbocycles. The van der Waals surface area contributed by atoms with Crippen LogP contribution < -0.4 is 10.2 Å². The lowest BCUT2D eigenvalue weighted by molar-refractivity contribution is 0.611. The Bertz CT molecular complexity index is 567. The third kappa shape index (κ3) is 2.82. The summed E-state index contributed by atoms with van der Waals surface area (Å²) < 4.78 is 3.96. The summed E-state index contributed by atoms with van der Waals surface area (Å²) in [5.41, 5.74) is 2.28. The number of nitrogens with one attached hydrogen (secondary N) is 1. The predicted octanol–water partition coefficient (Wildman–Crippen LogP) is 0.696. The van der Waals surface area contributed by atoms with Crippen LogP contribution in [0.4, 0.5) is 5.82 Å². The van der Waals surface area contributed by atoms with Crippen LogP contribution in [0.15, 0.2) is 6.33 Å². The molecule has 0 radical (unpaired) electrons. The average molecular weight is 277 g/mol. The standard InChI is InChI=1S/C13H23N7/c1-6-20-9-15-16-12(20)8-14-7-11-10(2)17-19(5)13(11)18(3)4/h9,14H,6-8H2,1-5H3. The molecule has 0 aliphatic heterocycles. The number of anilines is 1. The SMILES string of the molecule is CCn1cnnc1CNCc1c(C)nn(C)c1N(C)C. The van der Waals surface area contributed by atoms with Gasteiger partial charge in [-0.15, -0.1) is 10.2 Å². The van der Waals surface area contributed by atoms with Crippen molar-refractivity contribution >= 4 is 5.82 Å². The second kappa shape index (κ2) is 6.04. The highest BCUT2D eigenvalue weighted by Gasteiger charge is 2.14. The first kappa shape index (κ1) is 14.5. The summed E-state index contributed by atoms with van der Waals surface area (Å²) in [5, 5.41) is 16.0. The topological polar surface area (TPSA) is 63.8 Å². The third-order valence-corrected chi connectivity index (χ3v) is 3.36. The molecule has 0 amide bonds. The lowest BCUT2D eigenvalue weighted by Gasteiger charge is -2.15. The first-order valence-corrected chi connectivity index (χ1v) is 6.81. The Hall–Kier alpha value is -1.89. The monoisotopic (exact) mass is 277 g/mol. The molecule has 0 unspecified atom stereocenters. The van der Waals surface area contributed by atoms with Gasteiger partial charge >= 0.3 is 0 Å². The normalized spacial score (nSPS) is 11.1. The zero-order chi connectivity index (χ0) is 14.7. The fourth-order valence-corrected chi connectivity index (χ4v) is 2.44. The van der Waals surface area contributed by atoms with Gasteiger partial charge in [0.2, 0.25) is 0 Å². The number of aromatic nitrogens is 5. The Balaban J connectivity index is 2.04. The Labute approximate surface area is 119 Å². The molecule has 2 aromatic rings. The molecule has 0 saturated heterocycles. The summed E-state index contributed by atoms with van der Waals surface area (Å²) in [6.45, 7) is 6.48. The maximum atomic E-state index is 4.48. The van der Waals surface area contributed by atoms with Crippen molar-refractivity contribution in [2.24, 2.45) is 7.05 Å². The van der Waals surface area contributed by atoms with Gasteiger partial charge < -0.3 is 14.8 Å². The summed E-state index contributed by atoms with van der Waals surface area (Å²) >= 11 is 0. The van der Waals surface area contributed by atoms with Crippen LogP contribution in [0.1, 0.15) is 24.0 Å². The molecule has 0 aliphatic rings. The van der Waals surface area contributed by atoms with E-state index in [0.717, 1.165) is 30.4 Å². The summed E-state index contributed by atoms with van der Waals surface area (Å²) in [7, 11) is 6.04. The summed E-state index contributed by atoms with van der Waals surface area (Å²) in [6, 6.07) is 0. The smallest absolute Gasteiger partial charge is 0.146 e. The second-order valence-electron chi connectivity index (χ2n) is 5.04. The van der Waals surface area contributed by atoms with Gasteiger partial charge in [-0.2, -0.15) is 5.10 Å². The van der Waals surface area contributed by atoms with Gasteiger partial charge in [0.15, 0.2) is 0 Å². The van der Waals surface area contributed by atoms with E-state index < -0.39 is 0 Å². The summed E-state index contributed by atoms with van der Waals surface area (Å²) in [5.74, 6) is 2.09. The van der Waals surface area contributed by atoms with Crippen molar-refractivity contribution in [3.63, 3.8) is 0 Å². The van der Waals surface area contributed by atoms with Gasteiger partial charge in [0.25, 0.3) is 0 Å². The number of aryl methyl sites for hydroxylation is 3. The van der Waals surface area contributed by atoms with E-state index in [4.69, 9.17) is 0 Å². The minimum Gasteiger partial charge on any atom is -0.363 e. The molecule has 0 aromatic carbocycles. The van der Waals surface area contributed by atoms with Crippen molar-refractivity contribution in [3.8, 4) is 0 Å². The Morgan fingerprint density at radius 3 is 2.70 bits per heavy atom. The van der Waals surface area contributed by atoms with Gasteiger partial charge in [0, 0.05) is 39.8 Å². The van der Waals surface area contributed by atoms with Crippen molar-refractivity contribution < 1.29 is 0 Å². The maximum Gasteiger partial charge on any atom is 0.146 e. The molecule has 0 bridgehead atoms. The third-order valence-electron chi connectivity index (χ3n) is 3.36. The van der Waals surface area contributed by atoms with E-state index >= 15 is 0 Å². The first-order chi connectivity index (χ1) is 9.54. The Kier molecular flexibility index (Phi) is 4.39. The molecular weight excluding hydrogens is 254 g/mol. The average Bonchev–Trinajstić information content (AvgIpc) is 2.94. The molecule has 0 fully saturated rings. The summed E-state index contributed by atoms with van der Waals surface area (Å²) in [4.78, 5) is 2.09. The van der Waals surface area contributed by atoms with Crippen molar-refractivity contribution in [1.82, 2.24) is 29.9 Å². The van der Waals surface area contributed by atoms with Crippen LogP contribution >= 0.6 is 0 Å². The zero-order valence-electron chi connectivity index (χ0n) is 12.9. The van der Waals surface area contributed by atoms with Crippen molar-refractivity contribution in [1.29, 1.82) is 0 Å². The minimum atomic E-state index is 0.703. The van der Waals surface area contributed by atoms with Crippen molar-refractivity contribution in [3.05, 3.63) is 23.4 Å². The molecule has 7 nitrogen and oxygen atoms in total. The molecular formula is C13H23N7. The van der Waals surface area contributed by atoms with E-state index in [1.165, 1.54) is 5.56 Å². The van der Waals surface area contributed by atoms with Crippen LogP contribution in [0.5, 0.6) is 0 Å². The van der Waals surface area contributed by atoms with Gasteiger partial charge in [-0.05, 0) is 13.8 Å². The molecule has 2 aromatic heterocycles. The molecule has 110 valence electrons. The summed E-state index contributed by atoms with van der Waals surface area (Å²) in [6.07, 6.45) is 1.76. The van der Waals surface area contributed by atoms with Gasteiger partial charge in [0.05, 0.1) is 12.2 Å². The molecule has 0 atom stereocenters. The fourth-order valence-electron chi connectivity index (χ4n) is 2.44. The van der Waals surface area contributed by atoms with Gasteiger partial charge in [-0.3, -0.25) is 4.68 Å². The lowest BCUT2D eigenvalue weighted by atomic mass is 10.2. The molecule has 20 heavy (non-hydrogen) atoms. The number of nitrogens with zero attached hydrogens (tertiary/aromatic N) is 6. The van der Waals surface area contributed by atoms with E-state index in [0.29, 0.717) is 6.54 Å². The molecule has 2 rings (SSSR count). The molecule has 2 heterocycles. The van der Waals surface area contributed by atoms with Crippen LogP contribution in [0, 0.1) is 6.92 Å². The van der Waals surface area contributed by atoms with E-state index in [1.807, 2.05) is 37.3 Å². The maximum absolute atomic E-state index is 4.48. The zero-order valence-corrected chi connectivity index (χ0v) is 12.9. The highest BCUT2D eigenvalue weighted by atomic mass is 15.4. The van der Waals surface area contributed by atoms with Gasteiger partial charge in [-0.25, -0.2) is 0 Å². The second-order valence-corrected chi connectivity index (χ2v) is 5.04. The van der Waals surface area contributed by atoms with E-state index in [-0.39, 0.29) is 0 Å². The van der Waals surface area contributed by atoms with Crippen LogP contribution in [-0.2, 0) is 26.7 Å². The lowest BCUT2D eigenvalue weighted by Crippen LogP contribution is -2.20. The van der Waals surface area contributed by atoms with Gasteiger partial charge in [0.1, 0.15) is 18.0 Å². The quantitative estimate of drug-likeness (QED) is 0.842. The molecule has 7 heteroatoms. The first-order valence-electron chi connectivity index (χ1n) is 6.81. The molecule has 0 spiro atoms. The van der Waals surface area contributed by atoms with Crippen molar-refractivity contribution in [2.75, 3.05) is 19.0 Å². The van der Waals surface area contributed by atoms with Crippen LogP contribution in [0.3, 0.4) is 0 Å². The minimum absolute atomic E-state index is 0.703.